The van der Waals surface area contributed by atoms with Gasteiger partial charge in [-0.25, -0.2) is 0 Å². The number of hydrogen-bond donors (Lipinski definition) is 0. The molecule has 2 nitrogen and oxygen atoms in total. The third-order valence-corrected chi connectivity index (χ3v) is 1.28. The van der Waals surface area contributed by atoms with E-state index < -0.39 is 0 Å². The molecule has 1 rings (SSSR count). The molecular weight excluding hydrogens is 140 g/mol. The van der Waals surface area contributed by atoms with Crippen molar-refractivity contribution in [3.05, 3.63) is 37.1 Å². The van der Waals surface area contributed by atoms with Gasteiger partial charge in [-0.3, -0.25) is 0 Å². The molecule has 0 saturated carbocycles. The molecule has 0 amide bonds. The van der Waals surface area contributed by atoms with Gasteiger partial charge in [-0.2, -0.15) is 0 Å². The molecule has 1 aromatic rings. The molecule has 0 atom stereocenters. The van der Waals surface area contributed by atoms with Crippen LogP contribution in [0, 0.1) is 0 Å². The van der Waals surface area contributed by atoms with Crippen molar-refractivity contribution < 1.29 is 9.47 Å². The quantitative estimate of drug-likeness (QED) is 0.615. The lowest BCUT2D eigenvalue weighted by molar-refractivity contribution is 0.378. The average Bonchev–Trinajstić information content (AvgIpc) is 2.06. The number of hydrogen-bond acceptors (Lipinski definition) is 2. The highest BCUT2D eigenvalue weighted by Crippen LogP contribution is 2.25. The zero-order valence-electron chi connectivity index (χ0n) is 6.41. The molecule has 0 aliphatic rings. The van der Waals surface area contributed by atoms with Crippen LogP contribution in [0.5, 0.6) is 11.5 Å². The molecule has 0 aliphatic carbocycles. The van der Waals surface area contributed by atoms with Crippen LogP contribution in [0.15, 0.2) is 37.1 Å². The van der Waals surface area contributed by atoms with E-state index in [9.17, 15) is 0 Å². The summed E-state index contributed by atoms with van der Waals surface area (Å²) in [6.07, 6.45) is 1.37. The molecule has 0 bridgehead atoms. The fraction of sp³-hybridized carbons (Fsp3) is 0.111. The summed E-state index contributed by atoms with van der Waals surface area (Å²) in [5.74, 6) is 1.40. The van der Waals surface area contributed by atoms with Crippen molar-refractivity contribution in [3.63, 3.8) is 0 Å². The Labute approximate surface area is 66.1 Å². The summed E-state index contributed by atoms with van der Waals surface area (Å²) in [6.45, 7) is 3.45. The molecular formula is C9H10O2. The van der Waals surface area contributed by atoms with Crippen LogP contribution in [-0.4, -0.2) is 7.11 Å². The smallest absolute Gasteiger partial charge is 0.168 e. The van der Waals surface area contributed by atoms with Crippen LogP contribution in [0.3, 0.4) is 0 Å². The summed E-state index contributed by atoms with van der Waals surface area (Å²) in [4.78, 5) is 0. The molecule has 0 unspecified atom stereocenters. The highest BCUT2D eigenvalue weighted by atomic mass is 16.5. The van der Waals surface area contributed by atoms with E-state index in [1.807, 2.05) is 24.3 Å². The van der Waals surface area contributed by atoms with Crippen LogP contribution in [0.1, 0.15) is 0 Å². The summed E-state index contributed by atoms with van der Waals surface area (Å²) in [6, 6.07) is 7.41. The van der Waals surface area contributed by atoms with Crippen molar-refractivity contribution >= 4 is 0 Å². The first kappa shape index (κ1) is 7.66. The van der Waals surface area contributed by atoms with Gasteiger partial charge >= 0.3 is 0 Å². The number of ether oxygens (including phenoxy) is 2. The van der Waals surface area contributed by atoms with Crippen molar-refractivity contribution in [2.24, 2.45) is 0 Å². The Balaban J connectivity index is 2.92. The Morgan fingerprint density at radius 2 is 1.91 bits per heavy atom. The Hall–Kier alpha value is -1.44. The largest absolute Gasteiger partial charge is 0.493 e. The van der Waals surface area contributed by atoms with Gasteiger partial charge in [0.15, 0.2) is 11.5 Å². The highest BCUT2D eigenvalue weighted by molar-refractivity contribution is 5.39. The molecule has 0 radical (unpaired) electrons. The number of methoxy groups -OCH3 is 1. The fourth-order valence-electron chi connectivity index (χ4n) is 0.806. The first-order valence-corrected chi connectivity index (χ1v) is 3.29. The predicted molar refractivity (Wildman–Crippen MR) is 43.8 cm³/mol. The van der Waals surface area contributed by atoms with Crippen LogP contribution < -0.4 is 9.47 Å². The van der Waals surface area contributed by atoms with Gasteiger partial charge < -0.3 is 9.47 Å². The SMILES string of the molecule is C=COc1ccccc1OC. The molecule has 58 valence electrons. The topological polar surface area (TPSA) is 18.5 Å². The van der Waals surface area contributed by atoms with E-state index in [0.29, 0.717) is 11.5 Å². The third-order valence-electron chi connectivity index (χ3n) is 1.28. The molecule has 2 heteroatoms. The zero-order valence-corrected chi connectivity index (χ0v) is 6.41. The minimum absolute atomic E-state index is 0.685. The zero-order chi connectivity index (χ0) is 8.10. The van der Waals surface area contributed by atoms with Crippen molar-refractivity contribution in [2.45, 2.75) is 0 Å². The van der Waals surface area contributed by atoms with Gasteiger partial charge in [0.1, 0.15) is 0 Å². The van der Waals surface area contributed by atoms with Gasteiger partial charge in [0.25, 0.3) is 0 Å². The summed E-state index contributed by atoms with van der Waals surface area (Å²) < 4.78 is 10.1. The van der Waals surface area contributed by atoms with Crippen molar-refractivity contribution in [1.82, 2.24) is 0 Å². The van der Waals surface area contributed by atoms with Crippen molar-refractivity contribution in [2.75, 3.05) is 7.11 Å². The molecule has 11 heavy (non-hydrogen) atoms. The molecule has 0 saturated heterocycles. The minimum atomic E-state index is 0.685. The maximum absolute atomic E-state index is 5.07. The number of benzene rings is 1. The maximum Gasteiger partial charge on any atom is 0.168 e. The molecule has 0 fully saturated rings. The van der Waals surface area contributed by atoms with Gasteiger partial charge in [0.2, 0.25) is 0 Å². The Bertz CT molecular complexity index is 243. The minimum Gasteiger partial charge on any atom is -0.493 e. The summed E-state index contributed by atoms with van der Waals surface area (Å²) in [5, 5.41) is 0. The lowest BCUT2D eigenvalue weighted by Gasteiger charge is -2.04. The van der Waals surface area contributed by atoms with Crippen molar-refractivity contribution in [1.29, 1.82) is 0 Å². The second kappa shape index (κ2) is 3.66. The fourth-order valence-corrected chi connectivity index (χ4v) is 0.806. The van der Waals surface area contributed by atoms with Gasteiger partial charge in [0.05, 0.1) is 13.4 Å². The lowest BCUT2D eigenvalue weighted by atomic mass is 10.3. The van der Waals surface area contributed by atoms with Gasteiger partial charge in [-0.05, 0) is 12.1 Å². The summed E-state index contributed by atoms with van der Waals surface area (Å²) in [5.41, 5.74) is 0. The van der Waals surface area contributed by atoms with Crippen LogP contribution in [0.2, 0.25) is 0 Å². The van der Waals surface area contributed by atoms with E-state index in [-0.39, 0.29) is 0 Å². The molecule has 0 spiro atoms. The van der Waals surface area contributed by atoms with E-state index in [1.165, 1.54) is 6.26 Å². The molecule has 0 aliphatic heterocycles. The summed E-state index contributed by atoms with van der Waals surface area (Å²) >= 11 is 0. The monoisotopic (exact) mass is 150 g/mol. The van der Waals surface area contributed by atoms with E-state index in [4.69, 9.17) is 9.47 Å². The van der Waals surface area contributed by atoms with Crippen LogP contribution in [0.25, 0.3) is 0 Å². The maximum atomic E-state index is 5.07. The Kier molecular flexibility index (Phi) is 2.55. The Morgan fingerprint density at radius 3 is 2.45 bits per heavy atom. The molecule has 1 aromatic carbocycles. The second-order valence-electron chi connectivity index (χ2n) is 1.94. The second-order valence-corrected chi connectivity index (χ2v) is 1.94. The number of para-hydroxylation sites is 2. The summed E-state index contributed by atoms with van der Waals surface area (Å²) in [7, 11) is 1.60. The van der Waals surface area contributed by atoms with E-state index in [1.54, 1.807) is 7.11 Å². The van der Waals surface area contributed by atoms with E-state index >= 15 is 0 Å². The van der Waals surface area contributed by atoms with Gasteiger partial charge in [0, 0.05) is 0 Å². The number of rotatable bonds is 3. The average molecular weight is 150 g/mol. The van der Waals surface area contributed by atoms with E-state index in [0.717, 1.165) is 0 Å². The molecule has 0 heterocycles. The molecule has 0 N–H and O–H groups in total. The normalized spacial score (nSPS) is 8.82. The molecule has 0 aromatic heterocycles. The van der Waals surface area contributed by atoms with Crippen LogP contribution in [-0.2, 0) is 0 Å². The van der Waals surface area contributed by atoms with Gasteiger partial charge in [-0.15, -0.1) is 0 Å². The first-order chi connectivity index (χ1) is 5.38. The van der Waals surface area contributed by atoms with E-state index in [2.05, 4.69) is 6.58 Å². The Morgan fingerprint density at radius 1 is 1.27 bits per heavy atom. The lowest BCUT2D eigenvalue weighted by Crippen LogP contribution is -1.87. The predicted octanol–water partition coefficient (Wildman–Crippen LogP) is 2.22. The van der Waals surface area contributed by atoms with Crippen LogP contribution in [0.4, 0.5) is 0 Å². The third kappa shape index (κ3) is 1.74. The van der Waals surface area contributed by atoms with Crippen molar-refractivity contribution in [3.8, 4) is 11.5 Å². The standard InChI is InChI=1S/C9H10O2/c1-3-11-9-7-5-4-6-8(9)10-2/h3-7H,1H2,2H3. The van der Waals surface area contributed by atoms with Crippen LogP contribution >= 0.6 is 0 Å². The highest BCUT2D eigenvalue weighted by Gasteiger charge is 1.98. The van der Waals surface area contributed by atoms with Gasteiger partial charge in [-0.1, -0.05) is 18.7 Å². The first-order valence-electron chi connectivity index (χ1n) is 3.29.